The zero-order valence-corrected chi connectivity index (χ0v) is 11.8. The highest BCUT2D eigenvalue weighted by atomic mass is 19.4. The third-order valence-corrected chi connectivity index (χ3v) is 3.32. The Bertz CT molecular complexity index is 789. The molecule has 1 heterocycles. The Morgan fingerprint density at radius 3 is 2.32 bits per heavy atom. The molecule has 0 amide bonds. The highest BCUT2D eigenvalue weighted by Gasteiger charge is 2.30. The van der Waals surface area contributed by atoms with E-state index in [1.807, 2.05) is 37.3 Å². The quantitative estimate of drug-likeness (QED) is 0.660. The number of alkyl halides is 3. The Labute approximate surface area is 125 Å². The number of nitrogens with zero attached hydrogens (tertiary/aromatic N) is 2. The molecular weight excluding hydrogens is 289 g/mol. The van der Waals surface area contributed by atoms with E-state index >= 15 is 0 Å². The van der Waals surface area contributed by atoms with Crippen LogP contribution in [0.1, 0.15) is 11.3 Å². The number of para-hydroxylation sites is 1. The van der Waals surface area contributed by atoms with Crippen LogP contribution >= 0.6 is 0 Å². The molecule has 0 saturated heterocycles. The molecule has 0 atom stereocenters. The Morgan fingerprint density at radius 1 is 0.909 bits per heavy atom. The predicted molar refractivity (Wildman–Crippen MR) is 78.7 cm³/mol. The van der Waals surface area contributed by atoms with Gasteiger partial charge in [0.2, 0.25) is 0 Å². The number of aryl methyl sites for hydroxylation is 1. The van der Waals surface area contributed by atoms with Crippen LogP contribution in [0.25, 0.3) is 16.9 Å². The molecule has 5 heteroatoms. The molecule has 112 valence electrons. The SMILES string of the molecule is Cc1cc(-c2cccc(C(F)(F)F)c2)n(-c2ccccc2)n1. The van der Waals surface area contributed by atoms with E-state index < -0.39 is 11.7 Å². The van der Waals surface area contributed by atoms with Crippen LogP contribution in [0.3, 0.4) is 0 Å². The monoisotopic (exact) mass is 302 g/mol. The molecule has 0 fully saturated rings. The minimum atomic E-state index is -4.36. The summed E-state index contributed by atoms with van der Waals surface area (Å²) in [5.74, 6) is 0. The van der Waals surface area contributed by atoms with Gasteiger partial charge in [0.1, 0.15) is 0 Å². The number of hydrogen-bond acceptors (Lipinski definition) is 1. The molecule has 0 radical (unpaired) electrons. The Kier molecular flexibility index (Phi) is 3.48. The molecule has 22 heavy (non-hydrogen) atoms. The molecule has 3 rings (SSSR count). The van der Waals surface area contributed by atoms with Gasteiger partial charge in [-0.25, -0.2) is 4.68 Å². The smallest absolute Gasteiger partial charge is 0.233 e. The van der Waals surface area contributed by atoms with Gasteiger partial charge in [0.25, 0.3) is 0 Å². The maximum absolute atomic E-state index is 12.9. The zero-order valence-electron chi connectivity index (χ0n) is 11.8. The third kappa shape index (κ3) is 2.74. The molecule has 2 aromatic carbocycles. The van der Waals surface area contributed by atoms with Crippen LogP contribution in [0.15, 0.2) is 60.7 Å². The summed E-state index contributed by atoms with van der Waals surface area (Å²) < 4.78 is 40.3. The molecule has 1 aromatic heterocycles. The first-order valence-electron chi connectivity index (χ1n) is 6.75. The van der Waals surface area contributed by atoms with Gasteiger partial charge in [0.15, 0.2) is 0 Å². The number of halogens is 3. The summed E-state index contributed by atoms with van der Waals surface area (Å²) in [6.07, 6.45) is -4.36. The van der Waals surface area contributed by atoms with Crippen molar-refractivity contribution in [2.24, 2.45) is 0 Å². The van der Waals surface area contributed by atoms with Gasteiger partial charge < -0.3 is 0 Å². The molecule has 3 aromatic rings. The molecule has 0 aliphatic rings. The zero-order chi connectivity index (χ0) is 15.7. The van der Waals surface area contributed by atoms with Crippen molar-refractivity contribution in [3.8, 4) is 16.9 Å². The number of hydrogen-bond donors (Lipinski definition) is 0. The molecule has 0 unspecified atom stereocenters. The summed E-state index contributed by atoms with van der Waals surface area (Å²) in [6, 6.07) is 16.4. The van der Waals surface area contributed by atoms with Gasteiger partial charge in [-0.2, -0.15) is 18.3 Å². The minimum Gasteiger partial charge on any atom is -0.233 e. The summed E-state index contributed by atoms with van der Waals surface area (Å²) in [5, 5.41) is 4.38. The van der Waals surface area contributed by atoms with E-state index in [4.69, 9.17) is 0 Å². The average Bonchev–Trinajstić information content (AvgIpc) is 2.89. The molecule has 2 nitrogen and oxygen atoms in total. The highest BCUT2D eigenvalue weighted by Crippen LogP contribution is 2.32. The first-order valence-corrected chi connectivity index (χ1v) is 6.75. The second kappa shape index (κ2) is 5.33. The summed E-state index contributed by atoms with van der Waals surface area (Å²) in [7, 11) is 0. The lowest BCUT2D eigenvalue weighted by atomic mass is 10.1. The first-order chi connectivity index (χ1) is 10.4. The fourth-order valence-electron chi connectivity index (χ4n) is 2.33. The summed E-state index contributed by atoms with van der Waals surface area (Å²) in [5.41, 5.74) is 2.01. The maximum Gasteiger partial charge on any atom is 0.416 e. The van der Waals surface area contributed by atoms with Gasteiger partial charge in [-0.3, -0.25) is 0 Å². The summed E-state index contributed by atoms with van der Waals surface area (Å²) >= 11 is 0. The van der Waals surface area contributed by atoms with E-state index in [0.717, 1.165) is 23.5 Å². The molecule has 0 bridgehead atoms. The fraction of sp³-hybridized carbons (Fsp3) is 0.118. The maximum atomic E-state index is 12.9. The van der Waals surface area contributed by atoms with Crippen LogP contribution in [0.4, 0.5) is 13.2 Å². The van der Waals surface area contributed by atoms with Crippen LogP contribution in [0.5, 0.6) is 0 Å². The van der Waals surface area contributed by atoms with Crippen molar-refractivity contribution in [1.29, 1.82) is 0 Å². The van der Waals surface area contributed by atoms with Crippen LogP contribution < -0.4 is 0 Å². The van der Waals surface area contributed by atoms with Crippen LogP contribution in [-0.2, 0) is 6.18 Å². The van der Waals surface area contributed by atoms with Gasteiger partial charge in [-0.15, -0.1) is 0 Å². The van der Waals surface area contributed by atoms with Crippen LogP contribution in [-0.4, -0.2) is 9.78 Å². The normalized spacial score (nSPS) is 11.6. The Morgan fingerprint density at radius 2 is 1.64 bits per heavy atom. The third-order valence-electron chi connectivity index (χ3n) is 3.32. The Balaban J connectivity index is 2.14. The number of benzene rings is 2. The first kappa shape index (κ1) is 14.4. The number of rotatable bonds is 2. The van der Waals surface area contributed by atoms with E-state index in [0.29, 0.717) is 11.3 Å². The van der Waals surface area contributed by atoms with E-state index in [1.165, 1.54) is 6.07 Å². The van der Waals surface area contributed by atoms with E-state index in [1.54, 1.807) is 16.8 Å². The lowest BCUT2D eigenvalue weighted by Crippen LogP contribution is -2.05. The Hall–Kier alpha value is -2.56. The van der Waals surface area contributed by atoms with Crippen molar-refractivity contribution in [2.45, 2.75) is 13.1 Å². The van der Waals surface area contributed by atoms with E-state index in [9.17, 15) is 13.2 Å². The van der Waals surface area contributed by atoms with Crippen molar-refractivity contribution in [3.05, 3.63) is 71.9 Å². The van der Waals surface area contributed by atoms with E-state index in [-0.39, 0.29) is 0 Å². The van der Waals surface area contributed by atoms with Crippen molar-refractivity contribution in [3.63, 3.8) is 0 Å². The molecule has 0 spiro atoms. The van der Waals surface area contributed by atoms with Crippen LogP contribution in [0, 0.1) is 6.92 Å². The summed E-state index contributed by atoms with van der Waals surface area (Å²) in [4.78, 5) is 0. The average molecular weight is 302 g/mol. The van der Waals surface area contributed by atoms with Gasteiger partial charge >= 0.3 is 6.18 Å². The fourth-order valence-corrected chi connectivity index (χ4v) is 2.33. The van der Waals surface area contributed by atoms with Crippen molar-refractivity contribution in [2.75, 3.05) is 0 Å². The number of aromatic nitrogens is 2. The van der Waals surface area contributed by atoms with Gasteiger partial charge in [-0.1, -0.05) is 30.3 Å². The van der Waals surface area contributed by atoms with Gasteiger partial charge in [-0.05, 0) is 37.3 Å². The lowest BCUT2D eigenvalue weighted by molar-refractivity contribution is -0.137. The highest BCUT2D eigenvalue weighted by molar-refractivity contribution is 5.63. The van der Waals surface area contributed by atoms with Crippen molar-refractivity contribution in [1.82, 2.24) is 9.78 Å². The molecule has 0 aliphatic carbocycles. The standard InChI is InChI=1S/C17H13F3N2/c1-12-10-16(22(21-12)15-8-3-2-4-9-15)13-6-5-7-14(11-13)17(18,19)20/h2-11H,1H3. The molecular formula is C17H13F3N2. The molecule has 0 N–H and O–H groups in total. The largest absolute Gasteiger partial charge is 0.416 e. The van der Waals surface area contributed by atoms with Gasteiger partial charge in [0, 0.05) is 5.56 Å². The second-order valence-corrected chi connectivity index (χ2v) is 5.00. The summed E-state index contributed by atoms with van der Waals surface area (Å²) in [6.45, 7) is 1.82. The van der Waals surface area contributed by atoms with Crippen molar-refractivity contribution < 1.29 is 13.2 Å². The topological polar surface area (TPSA) is 17.8 Å². The lowest BCUT2D eigenvalue weighted by Gasteiger charge is -2.10. The minimum absolute atomic E-state index is 0.485. The molecule has 0 aliphatic heterocycles. The molecule has 0 saturated carbocycles. The van der Waals surface area contributed by atoms with Gasteiger partial charge in [0.05, 0.1) is 22.6 Å². The second-order valence-electron chi connectivity index (χ2n) is 5.00. The van der Waals surface area contributed by atoms with Crippen LogP contribution in [0.2, 0.25) is 0 Å². The van der Waals surface area contributed by atoms with Crippen molar-refractivity contribution >= 4 is 0 Å². The van der Waals surface area contributed by atoms with E-state index in [2.05, 4.69) is 5.10 Å². The predicted octanol–water partition coefficient (Wildman–Crippen LogP) is 4.87.